The van der Waals surface area contributed by atoms with Crippen molar-refractivity contribution in [2.75, 3.05) is 5.32 Å². The average molecular weight is 287 g/mol. The highest BCUT2D eigenvalue weighted by Gasteiger charge is 2.20. The van der Waals surface area contributed by atoms with Gasteiger partial charge in [-0.15, -0.1) is 0 Å². The average Bonchev–Trinajstić information content (AvgIpc) is 2.70. The van der Waals surface area contributed by atoms with Crippen LogP contribution in [0.25, 0.3) is 22.6 Å². The van der Waals surface area contributed by atoms with Gasteiger partial charge >= 0.3 is 0 Å². The molecule has 106 valence electrons. The molecule has 2 aromatic carbocycles. The van der Waals surface area contributed by atoms with Gasteiger partial charge in [0.25, 0.3) is 0 Å². The van der Waals surface area contributed by atoms with Crippen molar-refractivity contribution >= 4 is 11.6 Å². The molecular formula is C18H13N3O. The predicted octanol–water partition coefficient (Wildman–Crippen LogP) is 3.31. The van der Waals surface area contributed by atoms with E-state index in [0.29, 0.717) is 12.2 Å². The molecule has 1 aliphatic heterocycles. The second-order valence-corrected chi connectivity index (χ2v) is 5.20. The molecule has 22 heavy (non-hydrogen) atoms. The smallest absolute Gasteiger partial charge is 0.228 e. The number of carbonyl (C=O) groups is 1. The molecular weight excluding hydrogens is 274 g/mol. The third-order valence-corrected chi connectivity index (χ3v) is 3.70. The minimum absolute atomic E-state index is 0.0396. The lowest BCUT2D eigenvalue weighted by Crippen LogP contribution is -2.12. The molecule has 0 atom stereocenters. The lowest BCUT2D eigenvalue weighted by atomic mass is 10.0. The van der Waals surface area contributed by atoms with Crippen LogP contribution >= 0.6 is 0 Å². The van der Waals surface area contributed by atoms with Gasteiger partial charge in [0.2, 0.25) is 5.91 Å². The third kappa shape index (κ3) is 2.15. The fourth-order valence-corrected chi connectivity index (χ4v) is 2.66. The zero-order valence-electron chi connectivity index (χ0n) is 11.8. The lowest BCUT2D eigenvalue weighted by Gasteiger charge is -2.09. The number of amides is 1. The predicted molar refractivity (Wildman–Crippen MR) is 85.2 cm³/mol. The first kappa shape index (κ1) is 12.7. The molecule has 4 rings (SSSR count). The topological polar surface area (TPSA) is 54.9 Å². The summed E-state index contributed by atoms with van der Waals surface area (Å²) >= 11 is 0. The Morgan fingerprint density at radius 3 is 2.59 bits per heavy atom. The van der Waals surface area contributed by atoms with Crippen molar-refractivity contribution < 1.29 is 4.79 Å². The van der Waals surface area contributed by atoms with Crippen LogP contribution in [0.1, 0.15) is 5.56 Å². The van der Waals surface area contributed by atoms with Crippen molar-refractivity contribution in [3.8, 4) is 22.6 Å². The molecule has 1 amide bonds. The summed E-state index contributed by atoms with van der Waals surface area (Å²) in [6, 6.07) is 17.6. The number of carbonyl (C=O) groups excluding carboxylic acids is 1. The highest BCUT2D eigenvalue weighted by molar-refractivity contribution is 5.99. The Morgan fingerprint density at radius 2 is 1.73 bits per heavy atom. The maximum Gasteiger partial charge on any atom is 0.228 e. The first-order valence-electron chi connectivity index (χ1n) is 7.12. The first-order chi connectivity index (χ1) is 10.8. The van der Waals surface area contributed by atoms with Crippen LogP contribution in [0.5, 0.6) is 0 Å². The largest absolute Gasteiger partial charge is 0.325 e. The van der Waals surface area contributed by atoms with Gasteiger partial charge in [0.05, 0.1) is 17.8 Å². The molecule has 1 aliphatic rings. The quantitative estimate of drug-likeness (QED) is 0.747. The standard InChI is InChI=1S/C18H13N3O/c22-16-10-13-11-19-18(12-6-2-1-3-7-12)21-17(13)14-8-4-5-9-15(14)20-16/h1-9,11H,10H2,(H,20,22). The molecule has 0 aliphatic carbocycles. The number of para-hydroxylation sites is 1. The van der Waals surface area contributed by atoms with Gasteiger partial charge in [-0.3, -0.25) is 4.79 Å². The summed E-state index contributed by atoms with van der Waals surface area (Å²) < 4.78 is 0. The van der Waals surface area contributed by atoms with Gasteiger partial charge in [-0.25, -0.2) is 9.97 Å². The minimum atomic E-state index is -0.0396. The molecule has 0 bridgehead atoms. The summed E-state index contributed by atoms with van der Waals surface area (Å²) in [5.41, 5.74) is 4.36. The van der Waals surface area contributed by atoms with E-state index in [1.54, 1.807) is 6.20 Å². The van der Waals surface area contributed by atoms with Crippen LogP contribution in [0.2, 0.25) is 0 Å². The second kappa shape index (κ2) is 5.07. The summed E-state index contributed by atoms with van der Waals surface area (Å²) in [6.45, 7) is 0. The van der Waals surface area contributed by atoms with Gasteiger partial charge in [0, 0.05) is 22.9 Å². The van der Waals surface area contributed by atoms with Gasteiger partial charge in [0.15, 0.2) is 5.82 Å². The van der Waals surface area contributed by atoms with Crippen LogP contribution in [0.15, 0.2) is 60.8 Å². The van der Waals surface area contributed by atoms with E-state index in [4.69, 9.17) is 4.98 Å². The molecule has 0 radical (unpaired) electrons. The molecule has 4 heteroatoms. The number of nitrogens with one attached hydrogen (secondary N) is 1. The van der Waals surface area contributed by atoms with Crippen LogP contribution in [0.3, 0.4) is 0 Å². The lowest BCUT2D eigenvalue weighted by molar-refractivity contribution is -0.115. The van der Waals surface area contributed by atoms with E-state index in [-0.39, 0.29) is 5.91 Å². The number of nitrogens with zero attached hydrogens (tertiary/aromatic N) is 2. The van der Waals surface area contributed by atoms with Gasteiger partial charge in [0.1, 0.15) is 0 Å². The van der Waals surface area contributed by atoms with Crippen molar-refractivity contribution in [2.24, 2.45) is 0 Å². The van der Waals surface area contributed by atoms with Gasteiger partial charge < -0.3 is 5.32 Å². The number of hydrogen-bond acceptors (Lipinski definition) is 3. The van der Waals surface area contributed by atoms with E-state index in [1.165, 1.54) is 0 Å². The number of hydrogen-bond donors (Lipinski definition) is 1. The number of rotatable bonds is 1. The van der Waals surface area contributed by atoms with Crippen molar-refractivity contribution in [1.82, 2.24) is 9.97 Å². The monoisotopic (exact) mass is 287 g/mol. The molecule has 1 N–H and O–H groups in total. The van der Waals surface area contributed by atoms with Crippen LogP contribution in [-0.4, -0.2) is 15.9 Å². The van der Waals surface area contributed by atoms with E-state index in [1.807, 2.05) is 54.6 Å². The van der Waals surface area contributed by atoms with Gasteiger partial charge in [-0.1, -0.05) is 48.5 Å². The summed E-state index contributed by atoms with van der Waals surface area (Å²) in [7, 11) is 0. The Bertz CT molecular complexity index is 859. The molecule has 0 saturated carbocycles. The third-order valence-electron chi connectivity index (χ3n) is 3.70. The number of fused-ring (bicyclic) bond motifs is 3. The Kier molecular flexibility index (Phi) is 2.93. The zero-order chi connectivity index (χ0) is 14.9. The van der Waals surface area contributed by atoms with Crippen LogP contribution in [-0.2, 0) is 11.2 Å². The van der Waals surface area contributed by atoms with E-state index in [9.17, 15) is 4.79 Å². The molecule has 3 aromatic rings. The fourth-order valence-electron chi connectivity index (χ4n) is 2.66. The summed E-state index contributed by atoms with van der Waals surface area (Å²) in [6.07, 6.45) is 2.05. The highest BCUT2D eigenvalue weighted by atomic mass is 16.1. The molecule has 0 fully saturated rings. The van der Waals surface area contributed by atoms with E-state index in [0.717, 1.165) is 28.1 Å². The molecule has 4 nitrogen and oxygen atoms in total. The zero-order valence-corrected chi connectivity index (χ0v) is 11.8. The maximum atomic E-state index is 12.0. The van der Waals surface area contributed by atoms with Crippen molar-refractivity contribution in [2.45, 2.75) is 6.42 Å². The highest BCUT2D eigenvalue weighted by Crippen LogP contribution is 2.33. The Labute approximate surface area is 127 Å². The molecule has 0 saturated heterocycles. The van der Waals surface area contributed by atoms with E-state index in [2.05, 4.69) is 10.3 Å². The van der Waals surface area contributed by atoms with Gasteiger partial charge in [-0.2, -0.15) is 0 Å². The molecule has 0 unspecified atom stereocenters. The summed E-state index contributed by atoms with van der Waals surface area (Å²) in [4.78, 5) is 21.1. The van der Waals surface area contributed by atoms with Gasteiger partial charge in [-0.05, 0) is 6.07 Å². The molecule has 0 spiro atoms. The van der Waals surface area contributed by atoms with E-state index < -0.39 is 0 Å². The first-order valence-corrected chi connectivity index (χ1v) is 7.12. The maximum absolute atomic E-state index is 12.0. The Morgan fingerprint density at radius 1 is 0.955 bits per heavy atom. The van der Waals surface area contributed by atoms with Crippen molar-refractivity contribution in [1.29, 1.82) is 0 Å². The number of aromatic nitrogens is 2. The summed E-state index contributed by atoms with van der Waals surface area (Å²) in [5, 5.41) is 2.92. The number of anilines is 1. The minimum Gasteiger partial charge on any atom is -0.325 e. The Balaban J connectivity index is 1.93. The van der Waals surface area contributed by atoms with Crippen LogP contribution in [0.4, 0.5) is 5.69 Å². The normalized spacial score (nSPS) is 12.8. The number of benzene rings is 2. The second-order valence-electron chi connectivity index (χ2n) is 5.20. The fraction of sp³-hybridized carbons (Fsp3) is 0.0556. The van der Waals surface area contributed by atoms with E-state index >= 15 is 0 Å². The SMILES string of the molecule is O=C1Cc2cnc(-c3ccccc3)nc2-c2ccccc2N1. The van der Waals surface area contributed by atoms with Crippen LogP contribution < -0.4 is 5.32 Å². The Hall–Kier alpha value is -3.01. The van der Waals surface area contributed by atoms with Crippen LogP contribution in [0, 0.1) is 0 Å². The van der Waals surface area contributed by atoms with Crippen molar-refractivity contribution in [3.63, 3.8) is 0 Å². The molecule has 1 aromatic heterocycles. The van der Waals surface area contributed by atoms with Crippen molar-refractivity contribution in [3.05, 3.63) is 66.4 Å². The molecule has 2 heterocycles. The summed E-state index contributed by atoms with van der Waals surface area (Å²) in [5.74, 6) is 0.630.